The Labute approximate surface area is 115 Å². The Morgan fingerprint density at radius 1 is 1.05 bits per heavy atom. The standard InChI is InChI=1S/C17H21NO/c1-3-12-19-16-7-5-4-6-15(16)17(18)14-10-8-13(2)9-11-14/h4-11,17H,3,12,18H2,1-2H3. The topological polar surface area (TPSA) is 35.2 Å². The first-order valence-electron chi connectivity index (χ1n) is 6.76. The average molecular weight is 255 g/mol. The Bertz CT molecular complexity index is 519. The van der Waals surface area contributed by atoms with Crippen LogP contribution in [0.15, 0.2) is 48.5 Å². The number of benzene rings is 2. The van der Waals surface area contributed by atoms with Gasteiger partial charge in [0.15, 0.2) is 0 Å². The molecule has 0 aliphatic rings. The summed E-state index contributed by atoms with van der Waals surface area (Å²) in [7, 11) is 0. The summed E-state index contributed by atoms with van der Waals surface area (Å²) in [5, 5.41) is 0. The van der Waals surface area contributed by atoms with Crippen LogP contribution in [-0.2, 0) is 0 Å². The smallest absolute Gasteiger partial charge is 0.124 e. The second kappa shape index (κ2) is 6.39. The summed E-state index contributed by atoms with van der Waals surface area (Å²) in [4.78, 5) is 0. The molecule has 2 heteroatoms. The van der Waals surface area contributed by atoms with Crippen molar-refractivity contribution >= 4 is 0 Å². The third-order valence-corrected chi connectivity index (χ3v) is 3.15. The minimum absolute atomic E-state index is 0.145. The van der Waals surface area contributed by atoms with Crippen LogP contribution in [0.2, 0.25) is 0 Å². The Morgan fingerprint density at radius 3 is 2.42 bits per heavy atom. The van der Waals surface area contributed by atoms with Gasteiger partial charge in [-0.3, -0.25) is 0 Å². The van der Waals surface area contributed by atoms with Crippen LogP contribution in [0.3, 0.4) is 0 Å². The maximum absolute atomic E-state index is 6.36. The third-order valence-electron chi connectivity index (χ3n) is 3.15. The number of ether oxygens (including phenoxy) is 1. The van der Waals surface area contributed by atoms with E-state index in [1.807, 2.05) is 24.3 Å². The minimum Gasteiger partial charge on any atom is -0.493 e. The molecule has 1 unspecified atom stereocenters. The van der Waals surface area contributed by atoms with Crippen molar-refractivity contribution in [2.75, 3.05) is 6.61 Å². The molecule has 0 fully saturated rings. The summed E-state index contributed by atoms with van der Waals surface area (Å²) < 4.78 is 5.77. The molecule has 0 aliphatic carbocycles. The van der Waals surface area contributed by atoms with Crippen LogP contribution in [0.1, 0.15) is 36.1 Å². The quantitative estimate of drug-likeness (QED) is 0.881. The first-order valence-corrected chi connectivity index (χ1v) is 6.76. The summed E-state index contributed by atoms with van der Waals surface area (Å²) in [5.41, 5.74) is 9.75. The van der Waals surface area contributed by atoms with E-state index in [-0.39, 0.29) is 6.04 Å². The predicted molar refractivity (Wildman–Crippen MR) is 79.4 cm³/mol. The molecule has 2 nitrogen and oxygen atoms in total. The van der Waals surface area contributed by atoms with Gasteiger partial charge in [-0.1, -0.05) is 55.0 Å². The maximum Gasteiger partial charge on any atom is 0.124 e. The van der Waals surface area contributed by atoms with E-state index in [2.05, 4.69) is 38.1 Å². The van der Waals surface area contributed by atoms with Crippen molar-refractivity contribution in [2.24, 2.45) is 5.73 Å². The summed E-state index contributed by atoms with van der Waals surface area (Å²) in [6.45, 7) is 4.90. The van der Waals surface area contributed by atoms with Crippen LogP contribution in [0, 0.1) is 6.92 Å². The van der Waals surface area contributed by atoms with Gasteiger partial charge in [0.05, 0.1) is 12.6 Å². The minimum atomic E-state index is -0.145. The lowest BCUT2D eigenvalue weighted by molar-refractivity contribution is 0.313. The number of aryl methyl sites for hydroxylation is 1. The fraction of sp³-hybridized carbons (Fsp3) is 0.294. The molecule has 1 atom stereocenters. The highest BCUT2D eigenvalue weighted by Gasteiger charge is 2.13. The number of nitrogens with two attached hydrogens (primary N) is 1. The molecule has 2 N–H and O–H groups in total. The SMILES string of the molecule is CCCOc1ccccc1C(N)c1ccc(C)cc1. The highest BCUT2D eigenvalue weighted by molar-refractivity contribution is 5.41. The fourth-order valence-corrected chi connectivity index (χ4v) is 2.03. The maximum atomic E-state index is 6.36. The van der Waals surface area contributed by atoms with Gasteiger partial charge in [-0.15, -0.1) is 0 Å². The molecule has 100 valence electrons. The van der Waals surface area contributed by atoms with E-state index in [1.54, 1.807) is 0 Å². The summed E-state index contributed by atoms with van der Waals surface area (Å²) in [6.07, 6.45) is 0.994. The number of rotatable bonds is 5. The molecule has 2 aromatic rings. The highest BCUT2D eigenvalue weighted by atomic mass is 16.5. The van der Waals surface area contributed by atoms with Gasteiger partial charge < -0.3 is 10.5 Å². The zero-order valence-electron chi connectivity index (χ0n) is 11.6. The Morgan fingerprint density at radius 2 is 1.74 bits per heavy atom. The Hall–Kier alpha value is -1.80. The van der Waals surface area contributed by atoms with E-state index in [1.165, 1.54) is 5.56 Å². The van der Waals surface area contributed by atoms with Gasteiger partial charge in [-0.2, -0.15) is 0 Å². The van der Waals surface area contributed by atoms with Crippen molar-refractivity contribution < 1.29 is 4.74 Å². The van der Waals surface area contributed by atoms with E-state index >= 15 is 0 Å². The molecule has 2 aromatic carbocycles. The second-order valence-corrected chi connectivity index (χ2v) is 4.77. The molecule has 0 radical (unpaired) electrons. The van der Waals surface area contributed by atoms with Crippen molar-refractivity contribution in [3.05, 3.63) is 65.2 Å². The molecule has 0 aliphatic heterocycles. The lowest BCUT2D eigenvalue weighted by atomic mass is 9.98. The lowest BCUT2D eigenvalue weighted by Crippen LogP contribution is -2.13. The van der Waals surface area contributed by atoms with Crippen LogP contribution in [-0.4, -0.2) is 6.61 Å². The van der Waals surface area contributed by atoms with Gasteiger partial charge in [0.2, 0.25) is 0 Å². The molecule has 0 heterocycles. The average Bonchev–Trinajstić information content (AvgIpc) is 2.45. The van der Waals surface area contributed by atoms with Crippen molar-refractivity contribution in [2.45, 2.75) is 26.3 Å². The van der Waals surface area contributed by atoms with Gasteiger partial charge >= 0.3 is 0 Å². The van der Waals surface area contributed by atoms with Gasteiger partial charge in [0.1, 0.15) is 5.75 Å². The molecule has 2 rings (SSSR count). The normalized spacial score (nSPS) is 12.2. The van der Waals surface area contributed by atoms with E-state index in [0.29, 0.717) is 0 Å². The fourth-order valence-electron chi connectivity index (χ4n) is 2.03. The largest absolute Gasteiger partial charge is 0.493 e. The monoisotopic (exact) mass is 255 g/mol. The number of hydrogen-bond acceptors (Lipinski definition) is 2. The Balaban J connectivity index is 2.27. The van der Waals surface area contributed by atoms with Crippen LogP contribution < -0.4 is 10.5 Å². The summed E-state index contributed by atoms with van der Waals surface area (Å²) >= 11 is 0. The molecule has 0 bridgehead atoms. The van der Waals surface area contributed by atoms with Crippen LogP contribution in [0.4, 0.5) is 0 Å². The van der Waals surface area contributed by atoms with Crippen molar-refractivity contribution in [1.82, 2.24) is 0 Å². The molecule has 0 saturated carbocycles. The zero-order chi connectivity index (χ0) is 13.7. The van der Waals surface area contributed by atoms with E-state index in [9.17, 15) is 0 Å². The summed E-state index contributed by atoms with van der Waals surface area (Å²) in [6, 6.07) is 16.2. The molecule has 0 saturated heterocycles. The molecular formula is C17H21NO. The number of para-hydroxylation sites is 1. The molecule has 19 heavy (non-hydrogen) atoms. The van der Waals surface area contributed by atoms with Gasteiger partial charge in [0, 0.05) is 5.56 Å². The molecule has 0 spiro atoms. The van der Waals surface area contributed by atoms with Gasteiger partial charge in [-0.05, 0) is 25.0 Å². The highest BCUT2D eigenvalue weighted by Crippen LogP contribution is 2.28. The molecular weight excluding hydrogens is 234 g/mol. The van der Waals surface area contributed by atoms with Crippen molar-refractivity contribution in [1.29, 1.82) is 0 Å². The van der Waals surface area contributed by atoms with E-state index in [4.69, 9.17) is 10.5 Å². The second-order valence-electron chi connectivity index (χ2n) is 4.77. The van der Waals surface area contributed by atoms with Gasteiger partial charge in [0.25, 0.3) is 0 Å². The number of hydrogen-bond donors (Lipinski definition) is 1. The third kappa shape index (κ3) is 3.36. The van der Waals surface area contributed by atoms with E-state index < -0.39 is 0 Å². The zero-order valence-corrected chi connectivity index (χ0v) is 11.6. The lowest BCUT2D eigenvalue weighted by Gasteiger charge is -2.17. The van der Waals surface area contributed by atoms with Crippen LogP contribution in [0.25, 0.3) is 0 Å². The van der Waals surface area contributed by atoms with Gasteiger partial charge in [-0.25, -0.2) is 0 Å². The predicted octanol–water partition coefficient (Wildman–Crippen LogP) is 3.83. The molecule has 0 aromatic heterocycles. The molecule has 0 amide bonds. The first-order chi connectivity index (χ1) is 9.22. The van der Waals surface area contributed by atoms with Crippen LogP contribution in [0.5, 0.6) is 5.75 Å². The van der Waals surface area contributed by atoms with E-state index in [0.717, 1.165) is 29.9 Å². The first kappa shape index (κ1) is 13.6. The van der Waals surface area contributed by atoms with Crippen molar-refractivity contribution in [3.8, 4) is 5.75 Å². The van der Waals surface area contributed by atoms with Crippen LogP contribution >= 0.6 is 0 Å². The van der Waals surface area contributed by atoms with Crippen molar-refractivity contribution in [3.63, 3.8) is 0 Å². The summed E-state index contributed by atoms with van der Waals surface area (Å²) in [5.74, 6) is 0.887. The Kier molecular flexibility index (Phi) is 4.58.